The van der Waals surface area contributed by atoms with E-state index in [0.29, 0.717) is 5.02 Å². The fraction of sp³-hybridized carbons (Fsp3) is 0.273. The molecule has 0 bridgehead atoms. The lowest BCUT2D eigenvalue weighted by atomic mass is 10.2. The third-order valence-electron chi connectivity index (χ3n) is 2.45. The van der Waals surface area contributed by atoms with Crippen LogP contribution < -0.4 is 0 Å². The number of carbonyl (C=O) groups is 2. The topological polar surface area (TPSA) is 49.9 Å². The Balaban J connectivity index is 1.93. The van der Waals surface area contributed by atoms with Gasteiger partial charge in [0.25, 0.3) is 5.91 Å². The number of rotatable bonds is 3. The summed E-state index contributed by atoms with van der Waals surface area (Å²) in [5.74, 6) is -0.272. The summed E-state index contributed by atoms with van der Waals surface area (Å²) < 4.78 is 0. The normalized spacial score (nSPS) is 15.9. The Bertz CT molecular complexity index is 447. The van der Waals surface area contributed by atoms with Crippen LogP contribution in [0.5, 0.6) is 0 Å². The molecule has 1 aromatic rings. The quantitative estimate of drug-likeness (QED) is 0.771. The molecule has 0 spiro atoms. The zero-order valence-corrected chi connectivity index (χ0v) is 9.98. The monoisotopic (exact) mass is 254 g/mol. The molecular weight excluding hydrogens is 244 g/mol. The van der Waals surface area contributed by atoms with Gasteiger partial charge in [0.1, 0.15) is 13.2 Å². The average molecular weight is 255 g/mol. The molecule has 1 aliphatic heterocycles. The Hall–Kier alpha value is -1.59. The number of hydrogen-bond acceptors (Lipinski definition) is 3. The second kappa shape index (κ2) is 4.73. The van der Waals surface area contributed by atoms with E-state index in [9.17, 15) is 9.59 Å². The Kier molecular flexibility index (Phi) is 3.31. The fourth-order valence-corrected chi connectivity index (χ4v) is 1.53. The first-order valence-corrected chi connectivity index (χ1v) is 5.41. The molecule has 1 aliphatic rings. The Morgan fingerprint density at radius 1 is 1.29 bits per heavy atom. The first-order chi connectivity index (χ1) is 8.08. The van der Waals surface area contributed by atoms with E-state index in [1.54, 1.807) is 24.3 Å². The highest BCUT2D eigenvalue weighted by Crippen LogP contribution is 2.13. The molecule has 0 aromatic heterocycles. The van der Waals surface area contributed by atoms with Crippen LogP contribution in [0.4, 0.5) is 4.79 Å². The molecule has 2 rings (SSSR count). The molecule has 0 N–H and O–H groups in total. The van der Waals surface area contributed by atoms with Gasteiger partial charge in [0, 0.05) is 12.1 Å². The van der Waals surface area contributed by atoms with Crippen molar-refractivity contribution in [1.29, 1.82) is 0 Å². The lowest BCUT2D eigenvalue weighted by molar-refractivity contribution is -0.135. The number of halogens is 1. The number of urea groups is 1. The van der Waals surface area contributed by atoms with Crippen LogP contribution in [0.25, 0.3) is 0 Å². The third-order valence-corrected chi connectivity index (χ3v) is 2.71. The summed E-state index contributed by atoms with van der Waals surface area (Å²) >= 11 is 5.74. The lowest BCUT2D eigenvalue weighted by Crippen LogP contribution is -2.29. The van der Waals surface area contributed by atoms with Crippen LogP contribution in [-0.4, -0.2) is 35.5 Å². The maximum absolute atomic E-state index is 11.5. The van der Waals surface area contributed by atoms with Gasteiger partial charge < -0.3 is 0 Å². The summed E-state index contributed by atoms with van der Waals surface area (Å²) in [5.41, 5.74) is 0.879. The van der Waals surface area contributed by atoms with Gasteiger partial charge in [-0.1, -0.05) is 23.7 Å². The van der Waals surface area contributed by atoms with Gasteiger partial charge in [-0.25, -0.2) is 4.79 Å². The van der Waals surface area contributed by atoms with Gasteiger partial charge in [0.15, 0.2) is 0 Å². The van der Waals surface area contributed by atoms with Gasteiger partial charge in [0.05, 0.1) is 0 Å². The Morgan fingerprint density at radius 3 is 2.47 bits per heavy atom. The van der Waals surface area contributed by atoms with Gasteiger partial charge in [-0.3, -0.25) is 14.5 Å². The van der Waals surface area contributed by atoms with Gasteiger partial charge in [-0.15, -0.1) is 0 Å². The molecule has 6 heteroatoms. The van der Waals surface area contributed by atoms with Crippen LogP contribution in [0.1, 0.15) is 5.56 Å². The molecule has 0 aliphatic carbocycles. The zero-order chi connectivity index (χ0) is 12.4. The number of nitrogens with zero attached hydrogens (tertiary/aromatic N) is 2. The molecule has 0 saturated carbocycles. The molecule has 0 radical (unpaired) electrons. The van der Waals surface area contributed by atoms with E-state index in [2.05, 4.69) is 0 Å². The number of benzene rings is 1. The third kappa shape index (κ3) is 2.57. The highest BCUT2D eigenvalue weighted by Gasteiger charge is 2.33. The smallest absolute Gasteiger partial charge is 0.272 e. The zero-order valence-electron chi connectivity index (χ0n) is 9.22. The van der Waals surface area contributed by atoms with E-state index in [4.69, 9.17) is 16.4 Å². The molecule has 1 saturated heterocycles. The number of hydroxylamine groups is 2. The van der Waals surface area contributed by atoms with Crippen LogP contribution in [0, 0.1) is 0 Å². The number of imide groups is 1. The summed E-state index contributed by atoms with van der Waals surface area (Å²) in [7, 11) is 1.43. The minimum Gasteiger partial charge on any atom is -0.272 e. The maximum atomic E-state index is 11.5. The first kappa shape index (κ1) is 11.9. The van der Waals surface area contributed by atoms with Crippen molar-refractivity contribution in [2.75, 3.05) is 13.6 Å². The van der Waals surface area contributed by atoms with E-state index in [0.717, 1.165) is 15.5 Å². The minimum absolute atomic E-state index is 0.0388. The molecule has 90 valence electrons. The minimum atomic E-state index is -0.441. The van der Waals surface area contributed by atoms with Crippen molar-refractivity contribution in [3.05, 3.63) is 34.9 Å². The van der Waals surface area contributed by atoms with Gasteiger partial charge in [0.2, 0.25) is 0 Å². The number of likely N-dealkylation sites (N-methyl/N-ethyl adjacent to an activating group) is 1. The number of amides is 3. The molecule has 1 aromatic carbocycles. The lowest BCUT2D eigenvalue weighted by Gasteiger charge is -2.14. The molecule has 17 heavy (non-hydrogen) atoms. The molecule has 0 atom stereocenters. The van der Waals surface area contributed by atoms with E-state index in [1.807, 2.05) is 0 Å². The molecule has 3 amide bonds. The summed E-state index contributed by atoms with van der Waals surface area (Å²) in [5, 5.41) is 1.69. The predicted molar refractivity (Wildman–Crippen MR) is 61.1 cm³/mol. The van der Waals surface area contributed by atoms with Crippen molar-refractivity contribution in [3.8, 4) is 0 Å². The van der Waals surface area contributed by atoms with Crippen molar-refractivity contribution in [1.82, 2.24) is 9.96 Å². The predicted octanol–water partition coefficient (Wildman–Crippen LogP) is 1.67. The van der Waals surface area contributed by atoms with Gasteiger partial charge in [-0.05, 0) is 17.7 Å². The second-order valence-electron chi connectivity index (χ2n) is 3.67. The largest absolute Gasteiger partial charge is 0.350 e. The van der Waals surface area contributed by atoms with E-state index in [1.165, 1.54) is 7.05 Å². The molecule has 1 fully saturated rings. The van der Waals surface area contributed by atoms with Gasteiger partial charge in [-0.2, -0.15) is 5.06 Å². The van der Waals surface area contributed by atoms with Crippen LogP contribution in [0.2, 0.25) is 5.02 Å². The summed E-state index contributed by atoms with van der Waals surface area (Å²) in [6, 6.07) is 6.64. The molecule has 0 unspecified atom stereocenters. The molecular formula is C11H11ClN2O3. The molecule has 5 nitrogen and oxygen atoms in total. The van der Waals surface area contributed by atoms with Crippen molar-refractivity contribution in [2.45, 2.75) is 6.61 Å². The second-order valence-corrected chi connectivity index (χ2v) is 4.11. The van der Waals surface area contributed by atoms with Crippen molar-refractivity contribution < 1.29 is 14.4 Å². The van der Waals surface area contributed by atoms with Gasteiger partial charge >= 0.3 is 6.03 Å². The SMILES string of the molecule is CN1C(=O)CN(OCc2ccc(Cl)cc2)C1=O. The number of carbonyl (C=O) groups excluding carboxylic acids is 2. The van der Waals surface area contributed by atoms with Crippen LogP contribution >= 0.6 is 11.6 Å². The van der Waals surface area contributed by atoms with Crippen molar-refractivity contribution >= 4 is 23.5 Å². The number of hydrogen-bond donors (Lipinski definition) is 0. The van der Waals surface area contributed by atoms with Crippen LogP contribution in [-0.2, 0) is 16.2 Å². The summed E-state index contributed by atoms with van der Waals surface area (Å²) in [6.45, 7) is 0.187. The summed E-state index contributed by atoms with van der Waals surface area (Å²) in [6.07, 6.45) is 0. The van der Waals surface area contributed by atoms with Crippen LogP contribution in [0.3, 0.4) is 0 Å². The molecule has 1 heterocycles. The first-order valence-electron chi connectivity index (χ1n) is 5.03. The van der Waals surface area contributed by atoms with Crippen LogP contribution in [0.15, 0.2) is 24.3 Å². The fourth-order valence-electron chi connectivity index (χ4n) is 1.40. The maximum Gasteiger partial charge on any atom is 0.350 e. The Morgan fingerprint density at radius 2 is 1.94 bits per heavy atom. The summed E-state index contributed by atoms with van der Waals surface area (Å²) in [4.78, 5) is 29.0. The van der Waals surface area contributed by atoms with E-state index in [-0.39, 0.29) is 19.1 Å². The average Bonchev–Trinajstić information content (AvgIpc) is 2.56. The van der Waals surface area contributed by atoms with Crippen molar-refractivity contribution in [3.63, 3.8) is 0 Å². The van der Waals surface area contributed by atoms with E-state index >= 15 is 0 Å². The highest BCUT2D eigenvalue weighted by atomic mass is 35.5. The standard InChI is InChI=1S/C11H11ClN2O3/c1-13-10(15)6-14(11(13)16)17-7-8-2-4-9(12)5-3-8/h2-5H,6-7H2,1H3. The Labute approximate surface area is 103 Å². The van der Waals surface area contributed by atoms with Crippen molar-refractivity contribution in [2.24, 2.45) is 0 Å². The van der Waals surface area contributed by atoms with E-state index < -0.39 is 6.03 Å². The highest BCUT2D eigenvalue weighted by molar-refractivity contribution is 6.30.